The second-order valence-corrected chi connectivity index (χ2v) is 6.21. The summed E-state index contributed by atoms with van der Waals surface area (Å²) in [7, 11) is 0. The largest absolute Gasteiger partial charge is 0.316 e. The third kappa shape index (κ3) is 5.27. The van der Waals surface area contributed by atoms with Gasteiger partial charge in [0.1, 0.15) is 0 Å². The third-order valence-electron chi connectivity index (χ3n) is 4.36. The number of unbranched alkanes of at least 4 members (excludes halogenated alkanes) is 1. The van der Waals surface area contributed by atoms with E-state index in [2.05, 4.69) is 37.9 Å². The van der Waals surface area contributed by atoms with E-state index in [0.717, 1.165) is 12.0 Å². The van der Waals surface area contributed by atoms with Crippen LogP contribution in [0.4, 0.5) is 0 Å². The van der Waals surface area contributed by atoms with Gasteiger partial charge in [-0.1, -0.05) is 26.7 Å². The lowest BCUT2D eigenvalue weighted by Gasteiger charge is -2.38. The van der Waals surface area contributed by atoms with Crippen LogP contribution in [0.25, 0.3) is 0 Å². The molecule has 1 aliphatic rings. The zero-order valence-corrected chi connectivity index (χ0v) is 13.0. The molecular weight excluding hydrogens is 220 g/mol. The van der Waals surface area contributed by atoms with Crippen LogP contribution in [0, 0.1) is 5.92 Å². The van der Waals surface area contributed by atoms with Gasteiger partial charge in [-0.05, 0) is 58.5 Å². The molecule has 2 nitrogen and oxygen atoms in total. The zero-order valence-electron chi connectivity index (χ0n) is 13.0. The first kappa shape index (κ1) is 16.0. The van der Waals surface area contributed by atoms with Crippen molar-refractivity contribution < 1.29 is 0 Å². The molecule has 18 heavy (non-hydrogen) atoms. The summed E-state index contributed by atoms with van der Waals surface area (Å²) < 4.78 is 0. The molecule has 1 aliphatic heterocycles. The van der Waals surface area contributed by atoms with E-state index >= 15 is 0 Å². The van der Waals surface area contributed by atoms with Gasteiger partial charge < -0.3 is 5.32 Å². The molecule has 0 radical (unpaired) electrons. The van der Waals surface area contributed by atoms with Crippen LogP contribution in [-0.2, 0) is 0 Å². The topological polar surface area (TPSA) is 15.3 Å². The molecule has 0 aromatic carbocycles. The molecule has 1 rings (SSSR count). The van der Waals surface area contributed by atoms with E-state index in [-0.39, 0.29) is 0 Å². The van der Waals surface area contributed by atoms with E-state index in [0.29, 0.717) is 6.04 Å². The number of nitrogens with one attached hydrogen (secondary N) is 1. The average Bonchev–Trinajstić information content (AvgIpc) is 2.39. The Hall–Kier alpha value is -0.0800. The summed E-state index contributed by atoms with van der Waals surface area (Å²) >= 11 is 0. The lowest BCUT2D eigenvalue weighted by atomic mass is 9.96. The summed E-state index contributed by atoms with van der Waals surface area (Å²) in [6.07, 6.45) is 8.17. The van der Waals surface area contributed by atoms with E-state index in [1.165, 1.54) is 58.2 Å². The van der Waals surface area contributed by atoms with Crippen molar-refractivity contribution in [2.45, 2.75) is 78.3 Å². The van der Waals surface area contributed by atoms with Crippen LogP contribution in [0.3, 0.4) is 0 Å². The van der Waals surface area contributed by atoms with Crippen LogP contribution in [0.1, 0.15) is 66.2 Å². The highest BCUT2D eigenvalue weighted by atomic mass is 15.2. The van der Waals surface area contributed by atoms with Crippen LogP contribution in [0.5, 0.6) is 0 Å². The Morgan fingerprint density at radius 2 is 2.06 bits per heavy atom. The molecule has 0 amide bonds. The van der Waals surface area contributed by atoms with Gasteiger partial charge in [-0.2, -0.15) is 0 Å². The monoisotopic (exact) mass is 254 g/mol. The Labute approximate surface area is 115 Å². The average molecular weight is 254 g/mol. The molecule has 1 N–H and O–H groups in total. The SMILES string of the molecule is CCCCC(CC)N(CC1CCCNC1)C(C)C. The highest BCUT2D eigenvalue weighted by Crippen LogP contribution is 2.20. The lowest BCUT2D eigenvalue weighted by Crippen LogP contribution is -2.46. The Morgan fingerprint density at radius 3 is 2.56 bits per heavy atom. The maximum Gasteiger partial charge on any atom is 0.00954 e. The molecule has 0 aliphatic carbocycles. The van der Waals surface area contributed by atoms with E-state index < -0.39 is 0 Å². The van der Waals surface area contributed by atoms with Crippen molar-refractivity contribution in [3.8, 4) is 0 Å². The summed E-state index contributed by atoms with van der Waals surface area (Å²) in [5.74, 6) is 0.872. The fraction of sp³-hybridized carbons (Fsp3) is 1.00. The number of hydrogen-bond acceptors (Lipinski definition) is 2. The molecule has 108 valence electrons. The first-order valence-corrected chi connectivity index (χ1v) is 8.15. The maximum atomic E-state index is 3.55. The summed E-state index contributed by atoms with van der Waals surface area (Å²) in [6.45, 7) is 13.1. The van der Waals surface area contributed by atoms with Crippen LogP contribution in [0.15, 0.2) is 0 Å². The number of rotatable bonds is 8. The van der Waals surface area contributed by atoms with Crippen molar-refractivity contribution in [2.75, 3.05) is 19.6 Å². The first-order chi connectivity index (χ1) is 8.69. The maximum absolute atomic E-state index is 3.55. The van der Waals surface area contributed by atoms with E-state index in [9.17, 15) is 0 Å². The number of piperidine rings is 1. The van der Waals surface area contributed by atoms with E-state index in [1.54, 1.807) is 0 Å². The Balaban J connectivity index is 2.50. The summed E-state index contributed by atoms with van der Waals surface area (Å²) in [5, 5.41) is 3.55. The van der Waals surface area contributed by atoms with Gasteiger partial charge in [-0.25, -0.2) is 0 Å². The molecule has 1 fully saturated rings. The fourth-order valence-electron chi connectivity index (χ4n) is 3.20. The minimum absolute atomic E-state index is 0.689. The highest BCUT2D eigenvalue weighted by Gasteiger charge is 2.23. The predicted octanol–water partition coefficient (Wildman–Crippen LogP) is 3.67. The molecule has 0 aromatic heterocycles. The minimum Gasteiger partial charge on any atom is -0.316 e. The molecule has 1 saturated heterocycles. The van der Waals surface area contributed by atoms with Gasteiger partial charge in [-0.15, -0.1) is 0 Å². The standard InChI is InChI=1S/C16H34N2/c1-5-7-10-16(6-2)18(14(3)4)13-15-9-8-11-17-12-15/h14-17H,5-13H2,1-4H3. The Bertz CT molecular complexity index is 197. The van der Waals surface area contributed by atoms with Crippen molar-refractivity contribution in [1.82, 2.24) is 10.2 Å². The summed E-state index contributed by atoms with van der Waals surface area (Å²) in [6, 6.07) is 1.49. The van der Waals surface area contributed by atoms with Gasteiger partial charge in [0.2, 0.25) is 0 Å². The second-order valence-electron chi connectivity index (χ2n) is 6.21. The van der Waals surface area contributed by atoms with E-state index in [1.807, 2.05) is 0 Å². The van der Waals surface area contributed by atoms with Gasteiger partial charge in [0.15, 0.2) is 0 Å². The van der Waals surface area contributed by atoms with Crippen molar-refractivity contribution in [3.63, 3.8) is 0 Å². The predicted molar refractivity (Wildman–Crippen MR) is 81.0 cm³/mol. The van der Waals surface area contributed by atoms with E-state index in [4.69, 9.17) is 0 Å². The normalized spacial score (nSPS) is 22.7. The Kier molecular flexibility index (Phi) is 7.92. The molecule has 0 aromatic rings. The Morgan fingerprint density at radius 1 is 1.28 bits per heavy atom. The molecular formula is C16H34N2. The van der Waals surface area contributed by atoms with Gasteiger partial charge in [0.05, 0.1) is 0 Å². The van der Waals surface area contributed by atoms with Gasteiger partial charge >= 0.3 is 0 Å². The smallest absolute Gasteiger partial charge is 0.00954 e. The molecule has 0 spiro atoms. The van der Waals surface area contributed by atoms with Gasteiger partial charge in [0.25, 0.3) is 0 Å². The minimum atomic E-state index is 0.689. The van der Waals surface area contributed by atoms with Crippen LogP contribution >= 0.6 is 0 Å². The van der Waals surface area contributed by atoms with Crippen molar-refractivity contribution >= 4 is 0 Å². The number of nitrogens with zero attached hydrogens (tertiary/aromatic N) is 1. The molecule has 2 unspecified atom stereocenters. The summed E-state index contributed by atoms with van der Waals surface area (Å²) in [4.78, 5) is 2.77. The molecule has 0 bridgehead atoms. The molecule has 0 saturated carbocycles. The molecule has 2 heteroatoms. The lowest BCUT2D eigenvalue weighted by molar-refractivity contribution is 0.107. The first-order valence-electron chi connectivity index (χ1n) is 8.15. The highest BCUT2D eigenvalue weighted by molar-refractivity contribution is 4.79. The van der Waals surface area contributed by atoms with Crippen LogP contribution in [-0.4, -0.2) is 36.6 Å². The fourth-order valence-corrected chi connectivity index (χ4v) is 3.20. The van der Waals surface area contributed by atoms with Crippen LogP contribution < -0.4 is 5.32 Å². The quantitative estimate of drug-likeness (QED) is 0.711. The van der Waals surface area contributed by atoms with Crippen molar-refractivity contribution in [2.24, 2.45) is 5.92 Å². The summed E-state index contributed by atoms with van der Waals surface area (Å²) in [5.41, 5.74) is 0. The third-order valence-corrected chi connectivity index (χ3v) is 4.36. The van der Waals surface area contributed by atoms with Crippen molar-refractivity contribution in [3.05, 3.63) is 0 Å². The van der Waals surface area contributed by atoms with Gasteiger partial charge in [0, 0.05) is 18.6 Å². The van der Waals surface area contributed by atoms with Gasteiger partial charge in [-0.3, -0.25) is 4.90 Å². The van der Waals surface area contributed by atoms with Crippen molar-refractivity contribution in [1.29, 1.82) is 0 Å². The van der Waals surface area contributed by atoms with Crippen LogP contribution in [0.2, 0.25) is 0 Å². The number of hydrogen-bond donors (Lipinski definition) is 1. The molecule has 2 atom stereocenters. The second kappa shape index (κ2) is 8.92. The zero-order chi connectivity index (χ0) is 13.4. The molecule has 1 heterocycles.